The van der Waals surface area contributed by atoms with Crippen LogP contribution < -0.4 is 10.6 Å². The highest BCUT2D eigenvalue weighted by Crippen LogP contribution is 2.22. The summed E-state index contributed by atoms with van der Waals surface area (Å²) >= 11 is 6.03. The Kier molecular flexibility index (Phi) is 4.61. The Morgan fingerprint density at radius 1 is 1.39 bits per heavy atom. The molecule has 1 fully saturated rings. The van der Waals surface area contributed by atoms with Crippen LogP contribution in [0.5, 0.6) is 0 Å². The van der Waals surface area contributed by atoms with Crippen molar-refractivity contribution >= 4 is 23.2 Å². The predicted molar refractivity (Wildman–Crippen MR) is 75.1 cm³/mol. The van der Waals surface area contributed by atoms with Crippen molar-refractivity contribution in [2.45, 2.75) is 38.6 Å². The van der Waals surface area contributed by atoms with Gasteiger partial charge >= 0.3 is 0 Å². The molecule has 18 heavy (non-hydrogen) atoms. The summed E-state index contributed by atoms with van der Waals surface area (Å²) in [4.78, 5) is 11.8. The summed E-state index contributed by atoms with van der Waals surface area (Å²) in [6, 6.07) is 6.12. The van der Waals surface area contributed by atoms with Crippen LogP contribution in [0.3, 0.4) is 0 Å². The Bertz CT molecular complexity index is 428. The zero-order valence-corrected chi connectivity index (χ0v) is 11.4. The van der Waals surface area contributed by atoms with Crippen molar-refractivity contribution in [3.05, 3.63) is 28.8 Å². The molecule has 1 amide bonds. The molecule has 4 heteroatoms. The topological polar surface area (TPSA) is 41.1 Å². The maximum atomic E-state index is 11.8. The van der Waals surface area contributed by atoms with Crippen molar-refractivity contribution in [1.82, 2.24) is 5.32 Å². The van der Waals surface area contributed by atoms with E-state index in [-0.39, 0.29) is 5.91 Å². The first-order valence-electron chi connectivity index (χ1n) is 6.44. The van der Waals surface area contributed by atoms with E-state index in [9.17, 15) is 4.79 Å². The number of halogens is 1. The van der Waals surface area contributed by atoms with Crippen LogP contribution in [0.15, 0.2) is 18.2 Å². The number of carbonyl (C=O) groups is 1. The zero-order valence-electron chi connectivity index (χ0n) is 10.6. The Hall–Kier alpha value is -1.06. The lowest BCUT2D eigenvalue weighted by molar-refractivity contribution is -0.115. The molecule has 0 radical (unpaired) electrons. The van der Waals surface area contributed by atoms with Gasteiger partial charge in [-0.2, -0.15) is 0 Å². The number of nitrogens with one attached hydrogen (secondary N) is 2. The second-order valence-corrected chi connectivity index (χ2v) is 5.30. The third kappa shape index (κ3) is 3.72. The van der Waals surface area contributed by atoms with E-state index in [0.717, 1.165) is 5.56 Å². The minimum atomic E-state index is -0.0330. The standard InChI is InChI=1S/C14H19ClN2O/c1-10-6-7-12(15)13(8-10)17-14(18)9-16-11-4-2-3-5-11/h6-8,11,16H,2-5,9H2,1H3,(H,17,18). The van der Waals surface area contributed by atoms with Crippen LogP contribution in [0.2, 0.25) is 5.02 Å². The molecule has 1 aliphatic carbocycles. The Balaban J connectivity index is 1.84. The average Bonchev–Trinajstić information content (AvgIpc) is 2.84. The second-order valence-electron chi connectivity index (χ2n) is 4.89. The van der Waals surface area contributed by atoms with Gasteiger partial charge in [0, 0.05) is 6.04 Å². The lowest BCUT2D eigenvalue weighted by Crippen LogP contribution is -2.34. The fourth-order valence-electron chi connectivity index (χ4n) is 2.30. The molecule has 0 aromatic heterocycles. The summed E-state index contributed by atoms with van der Waals surface area (Å²) in [5, 5.41) is 6.70. The Morgan fingerprint density at radius 3 is 2.83 bits per heavy atom. The van der Waals surface area contributed by atoms with Crippen LogP contribution in [-0.4, -0.2) is 18.5 Å². The predicted octanol–water partition coefficient (Wildman–Crippen LogP) is 3.12. The lowest BCUT2D eigenvalue weighted by Gasteiger charge is -2.12. The van der Waals surface area contributed by atoms with E-state index in [1.807, 2.05) is 19.1 Å². The van der Waals surface area contributed by atoms with Crippen molar-refractivity contribution in [2.75, 3.05) is 11.9 Å². The Morgan fingerprint density at radius 2 is 2.11 bits per heavy atom. The molecule has 3 nitrogen and oxygen atoms in total. The molecule has 0 unspecified atom stereocenters. The molecule has 0 spiro atoms. The van der Waals surface area contributed by atoms with E-state index >= 15 is 0 Å². The highest BCUT2D eigenvalue weighted by molar-refractivity contribution is 6.33. The van der Waals surface area contributed by atoms with Crippen molar-refractivity contribution in [3.8, 4) is 0 Å². The van der Waals surface area contributed by atoms with E-state index in [1.54, 1.807) is 6.07 Å². The molecular formula is C14H19ClN2O. The number of hydrogen-bond acceptors (Lipinski definition) is 2. The first kappa shape index (κ1) is 13.4. The zero-order chi connectivity index (χ0) is 13.0. The van der Waals surface area contributed by atoms with E-state index in [4.69, 9.17) is 11.6 Å². The quantitative estimate of drug-likeness (QED) is 0.879. The van der Waals surface area contributed by atoms with E-state index in [0.29, 0.717) is 23.3 Å². The van der Waals surface area contributed by atoms with Gasteiger partial charge < -0.3 is 10.6 Å². The summed E-state index contributed by atoms with van der Waals surface area (Å²) < 4.78 is 0. The summed E-state index contributed by atoms with van der Waals surface area (Å²) in [6.45, 7) is 2.33. The van der Waals surface area contributed by atoms with Crippen LogP contribution >= 0.6 is 11.6 Å². The largest absolute Gasteiger partial charge is 0.324 e. The normalized spacial score (nSPS) is 15.9. The molecule has 0 bridgehead atoms. The highest BCUT2D eigenvalue weighted by Gasteiger charge is 2.15. The lowest BCUT2D eigenvalue weighted by atomic mass is 10.2. The summed E-state index contributed by atoms with van der Waals surface area (Å²) in [6.07, 6.45) is 4.89. The molecule has 98 valence electrons. The minimum absolute atomic E-state index is 0.0330. The van der Waals surface area contributed by atoms with Crippen molar-refractivity contribution in [3.63, 3.8) is 0 Å². The smallest absolute Gasteiger partial charge is 0.238 e. The van der Waals surface area contributed by atoms with Gasteiger partial charge in [0.2, 0.25) is 5.91 Å². The molecule has 0 heterocycles. The van der Waals surface area contributed by atoms with Gasteiger partial charge in [0.15, 0.2) is 0 Å². The monoisotopic (exact) mass is 266 g/mol. The molecule has 0 atom stereocenters. The number of aryl methyl sites for hydroxylation is 1. The number of anilines is 1. The summed E-state index contributed by atoms with van der Waals surface area (Å²) in [5.74, 6) is -0.0330. The van der Waals surface area contributed by atoms with Gasteiger partial charge in [-0.3, -0.25) is 4.79 Å². The van der Waals surface area contributed by atoms with Crippen molar-refractivity contribution in [1.29, 1.82) is 0 Å². The fraction of sp³-hybridized carbons (Fsp3) is 0.500. The van der Waals surface area contributed by atoms with E-state index in [1.165, 1.54) is 25.7 Å². The van der Waals surface area contributed by atoms with Gasteiger partial charge in [-0.25, -0.2) is 0 Å². The number of rotatable bonds is 4. The molecule has 1 saturated carbocycles. The molecule has 1 aromatic carbocycles. The van der Waals surface area contributed by atoms with Gasteiger partial charge in [0.1, 0.15) is 0 Å². The molecule has 1 aliphatic rings. The van der Waals surface area contributed by atoms with Crippen LogP contribution in [-0.2, 0) is 4.79 Å². The molecule has 0 saturated heterocycles. The third-order valence-corrected chi connectivity index (χ3v) is 3.63. The maximum Gasteiger partial charge on any atom is 0.238 e. The number of carbonyl (C=O) groups excluding carboxylic acids is 1. The van der Waals surface area contributed by atoms with Gasteiger partial charge in [0.05, 0.1) is 17.3 Å². The third-order valence-electron chi connectivity index (χ3n) is 3.30. The first-order valence-corrected chi connectivity index (χ1v) is 6.82. The number of benzene rings is 1. The summed E-state index contributed by atoms with van der Waals surface area (Å²) in [5.41, 5.74) is 1.77. The van der Waals surface area contributed by atoms with Crippen LogP contribution in [0.1, 0.15) is 31.2 Å². The summed E-state index contributed by atoms with van der Waals surface area (Å²) in [7, 11) is 0. The minimum Gasteiger partial charge on any atom is -0.324 e. The molecule has 2 N–H and O–H groups in total. The number of amides is 1. The van der Waals surface area contributed by atoms with Gasteiger partial charge in [-0.15, -0.1) is 0 Å². The SMILES string of the molecule is Cc1ccc(Cl)c(NC(=O)CNC2CCCC2)c1. The van der Waals surface area contributed by atoms with Crippen molar-refractivity contribution < 1.29 is 4.79 Å². The number of hydrogen-bond donors (Lipinski definition) is 2. The Labute approximate surface area is 113 Å². The van der Waals surface area contributed by atoms with Crippen LogP contribution in [0.4, 0.5) is 5.69 Å². The van der Waals surface area contributed by atoms with Crippen LogP contribution in [0.25, 0.3) is 0 Å². The molecule has 0 aliphatic heterocycles. The first-order chi connectivity index (χ1) is 8.65. The maximum absolute atomic E-state index is 11.8. The molecule has 2 rings (SSSR count). The second kappa shape index (κ2) is 6.21. The van der Waals surface area contributed by atoms with Gasteiger partial charge in [0.25, 0.3) is 0 Å². The van der Waals surface area contributed by atoms with Gasteiger partial charge in [-0.05, 0) is 37.5 Å². The fourth-order valence-corrected chi connectivity index (χ4v) is 2.46. The van der Waals surface area contributed by atoms with E-state index in [2.05, 4.69) is 10.6 Å². The average molecular weight is 267 g/mol. The highest BCUT2D eigenvalue weighted by atomic mass is 35.5. The molecular weight excluding hydrogens is 248 g/mol. The van der Waals surface area contributed by atoms with Crippen LogP contribution in [0, 0.1) is 6.92 Å². The molecule has 1 aromatic rings. The van der Waals surface area contributed by atoms with Gasteiger partial charge in [-0.1, -0.05) is 30.5 Å². The van der Waals surface area contributed by atoms with Crippen molar-refractivity contribution in [2.24, 2.45) is 0 Å². The van der Waals surface area contributed by atoms with E-state index < -0.39 is 0 Å².